The van der Waals surface area contributed by atoms with Crippen molar-refractivity contribution < 1.29 is 9.66 Å². The van der Waals surface area contributed by atoms with Gasteiger partial charge in [0.25, 0.3) is 0 Å². The Hall–Kier alpha value is -1.62. The van der Waals surface area contributed by atoms with Gasteiger partial charge in [-0.2, -0.15) is 0 Å². The number of nitrogens with two attached hydrogens (primary N) is 1. The van der Waals surface area contributed by atoms with E-state index in [4.69, 9.17) is 10.5 Å². The van der Waals surface area contributed by atoms with E-state index in [1.807, 2.05) is 26.8 Å². The quantitative estimate of drug-likeness (QED) is 0.614. The second-order valence-electron chi connectivity index (χ2n) is 5.66. The van der Waals surface area contributed by atoms with Crippen molar-refractivity contribution in [2.45, 2.75) is 38.6 Å². The molecule has 98 valence electrons. The summed E-state index contributed by atoms with van der Waals surface area (Å²) in [5, 5.41) is 11.1. The minimum Gasteiger partial charge on any atom is -0.487 e. The van der Waals surface area contributed by atoms with Crippen LogP contribution in [0.25, 0.3) is 0 Å². The molecule has 1 aliphatic heterocycles. The Morgan fingerprint density at radius 2 is 2.11 bits per heavy atom. The van der Waals surface area contributed by atoms with Gasteiger partial charge in [0.1, 0.15) is 0 Å². The second kappa shape index (κ2) is 4.24. The maximum atomic E-state index is 11.1. The van der Waals surface area contributed by atoms with Crippen molar-refractivity contribution >= 4 is 5.69 Å². The standard InChI is InChI=1S/C13H18N2O3/c1-13(2,3)8-6-9-10(14)4-5-18-12(9)11(7-8)15(16)17/h6-7,10H,4-5,14H2,1-3H3/t10-/m1/s1. The third kappa shape index (κ3) is 2.18. The van der Waals surface area contributed by atoms with Crippen molar-refractivity contribution in [3.8, 4) is 5.75 Å². The lowest BCUT2D eigenvalue weighted by atomic mass is 9.84. The van der Waals surface area contributed by atoms with Crippen molar-refractivity contribution in [3.63, 3.8) is 0 Å². The molecule has 5 nitrogen and oxygen atoms in total. The minimum atomic E-state index is -0.397. The highest BCUT2D eigenvalue weighted by Gasteiger charge is 2.30. The third-order valence-corrected chi connectivity index (χ3v) is 3.24. The lowest BCUT2D eigenvalue weighted by Gasteiger charge is -2.26. The molecule has 1 heterocycles. The van der Waals surface area contributed by atoms with Crippen molar-refractivity contribution in [2.24, 2.45) is 5.73 Å². The molecule has 0 bridgehead atoms. The Morgan fingerprint density at radius 1 is 1.44 bits per heavy atom. The van der Waals surface area contributed by atoms with Gasteiger partial charge >= 0.3 is 5.69 Å². The van der Waals surface area contributed by atoms with Gasteiger partial charge in [0.05, 0.1) is 11.5 Å². The number of nitrogens with zero attached hydrogens (tertiary/aromatic N) is 1. The topological polar surface area (TPSA) is 78.4 Å². The van der Waals surface area contributed by atoms with Crippen LogP contribution in [-0.4, -0.2) is 11.5 Å². The van der Waals surface area contributed by atoms with Crippen molar-refractivity contribution in [1.82, 2.24) is 0 Å². The average molecular weight is 250 g/mol. The molecule has 0 unspecified atom stereocenters. The monoisotopic (exact) mass is 250 g/mol. The van der Waals surface area contributed by atoms with E-state index < -0.39 is 4.92 Å². The van der Waals surface area contributed by atoms with Crippen LogP contribution in [0.1, 0.15) is 44.4 Å². The molecular formula is C13H18N2O3. The van der Waals surface area contributed by atoms with E-state index in [-0.39, 0.29) is 17.1 Å². The molecule has 0 aliphatic carbocycles. The Bertz CT molecular complexity index is 492. The van der Waals surface area contributed by atoms with E-state index >= 15 is 0 Å². The summed E-state index contributed by atoms with van der Waals surface area (Å²) < 4.78 is 5.43. The number of nitro benzene ring substituents is 1. The van der Waals surface area contributed by atoms with Gasteiger partial charge in [-0.3, -0.25) is 10.1 Å². The first-order chi connectivity index (χ1) is 8.30. The van der Waals surface area contributed by atoms with Gasteiger partial charge in [-0.15, -0.1) is 0 Å². The number of fused-ring (bicyclic) bond motifs is 1. The van der Waals surface area contributed by atoms with E-state index in [0.29, 0.717) is 18.8 Å². The molecule has 0 saturated heterocycles. The first-order valence-corrected chi connectivity index (χ1v) is 6.02. The van der Waals surface area contributed by atoms with E-state index in [0.717, 1.165) is 11.1 Å². The highest BCUT2D eigenvalue weighted by molar-refractivity contribution is 5.57. The Morgan fingerprint density at radius 3 is 2.67 bits per heavy atom. The largest absolute Gasteiger partial charge is 0.487 e. The molecule has 0 amide bonds. The summed E-state index contributed by atoms with van der Waals surface area (Å²) in [5.74, 6) is 0.340. The first-order valence-electron chi connectivity index (χ1n) is 6.02. The summed E-state index contributed by atoms with van der Waals surface area (Å²) in [6, 6.07) is 3.35. The number of nitro groups is 1. The second-order valence-corrected chi connectivity index (χ2v) is 5.66. The Labute approximate surface area is 106 Å². The highest BCUT2D eigenvalue weighted by atomic mass is 16.6. The third-order valence-electron chi connectivity index (χ3n) is 3.24. The fraction of sp³-hybridized carbons (Fsp3) is 0.538. The molecule has 0 spiro atoms. The maximum absolute atomic E-state index is 11.1. The normalized spacial score (nSPS) is 19.0. The number of hydrogen-bond acceptors (Lipinski definition) is 4. The number of benzene rings is 1. The molecule has 2 N–H and O–H groups in total. The molecule has 5 heteroatoms. The van der Waals surface area contributed by atoms with Crippen LogP contribution in [0.15, 0.2) is 12.1 Å². The smallest absolute Gasteiger partial charge is 0.311 e. The summed E-state index contributed by atoms with van der Waals surface area (Å²) >= 11 is 0. The molecule has 0 aromatic heterocycles. The molecular weight excluding hydrogens is 232 g/mol. The molecule has 18 heavy (non-hydrogen) atoms. The van der Waals surface area contributed by atoms with E-state index in [1.54, 1.807) is 6.07 Å². The molecule has 2 rings (SSSR count). The van der Waals surface area contributed by atoms with Crippen LogP contribution in [0.3, 0.4) is 0 Å². The van der Waals surface area contributed by atoms with Crippen LogP contribution in [0.4, 0.5) is 5.69 Å². The van der Waals surface area contributed by atoms with Gasteiger partial charge in [0.2, 0.25) is 5.75 Å². The van der Waals surface area contributed by atoms with Gasteiger partial charge in [-0.05, 0) is 17.0 Å². The van der Waals surface area contributed by atoms with Crippen LogP contribution in [-0.2, 0) is 5.41 Å². The first kappa shape index (κ1) is 12.8. The summed E-state index contributed by atoms with van der Waals surface area (Å²) in [7, 11) is 0. The lowest BCUT2D eigenvalue weighted by molar-refractivity contribution is -0.386. The average Bonchev–Trinajstić information content (AvgIpc) is 2.27. The summed E-state index contributed by atoms with van der Waals surface area (Å²) in [4.78, 5) is 10.7. The molecule has 0 saturated carbocycles. The van der Waals surface area contributed by atoms with Crippen LogP contribution in [0.2, 0.25) is 0 Å². The minimum absolute atomic E-state index is 0.0209. The summed E-state index contributed by atoms with van der Waals surface area (Å²) in [6.07, 6.45) is 0.692. The molecule has 1 aromatic carbocycles. The van der Waals surface area contributed by atoms with E-state index in [9.17, 15) is 10.1 Å². The fourth-order valence-electron chi connectivity index (χ4n) is 2.08. The van der Waals surface area contributed by atoms with Crippen LogP contribution >= 0.6 is 0 Å². The lowest BCUT2D eigenvalue weighted by Crippen LogP contribution is -2.23. The highest BCUT2D eigenvalue weighted by Crippen LogP contribution is 2.41. The van der Waals surface area contributed by atoms with Crippen LogP contribution in [0.5, 0.6) is 5.75 Å². The fourth-order valence-corrected chi connectivity index (χ4v) is 2.08. The Kier molecular flexibility index (Phi) is 3.02. The van der Waals surface area contributed by atoms with Gasteiger partial charge in [-0.25, -0.2) is 0 Å². The van der Waals surface area contributed by atoms with Crippen molar-refractivity contribution in [3.05, 3.63) is 33.4 Å². The predicted octanol–water partition coefficient (Wildman–Crippen LogP) is 2.67. The van der Waals surface area contributed by atoms with E-state index in [2.05, 4.69) is 0 Å². The maximum Gasteiger partial charge on any atom is 0.311 e. The SMILES string of the molecule is CC(C)(C)c1cc2c(c([N+](=O)[O-])c1)OCC[C@H]2N. The molecule has 0 radical (unpaired) electrons. The molecule has 1 atom stereocenters. The number of rotatable bonds is 1. The Balaban J connectivity index is 2.66. The van der Waals surface area contributed by atoms with Crippen molar-refractivity contribution in [1.29, 1.82) is 0 Å². The molecule has 1 aliphatic rings. The van der Waals surface area contributed by atoms with Gasteiger partial charge in [-0.1, -0.05) is 20.8 Å². The zero-order chi connectivity index (χ0) is 13.5. The van der Waals surface area contributed by atoms with E-state index in [1.165, 1.54) is 0 Å². The zero-order valence-corrected chi connectivity index (χ0v) is 10.9. The van der Waals surface area contributed by atoms with Gasteiger partial charge < -0.3 is 10.5 Å². The predicted molar refractivity (Wildman–Crippen MR) is 68.8 cm³/mol. The van der Waals surface area contributed by atoms with Gasteiger partial charge in [0.15, 0.2) is 0 Å². The molecule has 0 fully saturated rings. The molecule has 1 aromatic rings. The van der Waals surface area contributed by atoms with Crippen molar-refractivity contribution in [2.75, 3.05) is 6.61 Å². The van der Waals surface area contributed by atoms with Crippen LogP contribution < -0.4 is 10.5 Å². The zero-order valence-electron chi connectivity index (χ0n) is 10.9. The summed E-state index contributed by atoms with van der Waals surface area (Å²) in [6.45, 7) is 6.50. The number of ether oxygens (including phenoxy) is 1. The van der Waals surface area contributed by atoms with Crippen LogP contribution in [0, 0.1) is 10.1 Å². The summed E-state index contributed by atoms with van der Waals surface area (Å²) in [5.41, 5.74) is 7.55. The number of hydrogen-bond donors (Lipinski definition) is 1. The van der Waals surface area contributed by atoms with Gasteiger partial charge in [0, 0.05) is 24.1 Å².